The summed E-state index contributed by atoms with van der Waals surface area (Å²) >= 11 is 1.40. The average molecular weight is 409 g/mol. The zero-order chi connectivity index (χ0) is 20.2. The van der Waals surface area contributed by atoms with E-state index >= 15 is 0 Å². The molecule has 4 rings (SSSR count). The van der Waals surface area contributed by atoms with E-state index in [0.29, 0.717) is 23.0 Å². The number of nitrogens with one attached hydrogen (secondary N) is 3. The van der Waals surface area contributed by atoms with Gasteiger partial charge >= 0.3 is 0 Å². The van der Waals surface area contributed by atoms with Gasteiger partial charge < -0.3 is 20.5 Å². The summed E-state index contributed by atoms with van der Waals surface area (Å²) in [4.78, 5) is 3.80. The highest BCUT2D eigenvalue weighted by Crippen LogP contribution is 2.30. The summed E-state index contributed by atoms with van der Waals surface area (Å²) in [5, 5.41) is 23.4. The number of benzene rings is 1. The van der Waals surface area contributed by atoms with E-state index in [2.05, 4.69) is 58.3 Å². The van der Waals surface area contributed by atoms with Crippen LogP contribution in [0, 0.1) is 11.3 Å². The van der Waals surface area contributed by atoms with Gasteiger partial charge in [0.05, 0.1) is 11.0 Å². The Morgan fingerprint density at radius 1 is 1.21 bits per heavy atom. The minimum Gasteiger partial charge on any atom is -0.382 e. The van der Waals surface area contributed by atoms with Gasteiger partial charge in [-0.15, -0.1) is 11.3 Å². The molecule has 1 aromatic carbocycles. The monoisotopic (exact) mass is 408 g/mol. The lowest BCUT2D eigenvalue weighted by Gasteiger charge is -2.35. The summed E-state index contributed by atoms with van der Waals surface area (Å²) in [6, 6.07) is 16.3. The van der Waals surface area contributed by atoms with Crippen LogP contribution in [0.5, 0.6) is 0 Å². The molecular formula is C21H24N6OS. The maximum absolute atomic E-state index is 8.95. The molecule has 0 radical (unpaired) electrons. The molecule has 0 bridgehead atoms. The Balaban J connectivity index is 1.36. The minimum absolute atomic E-state index is 0.412. The molecule has 1 saturated heterocycles. The number of aromatic nitrogens is 1. The van der Waals surface area contributed by atoms with Crippen LogP contribution in [0.25, 0.3) is 10.6 Å². The van der Waals surface area contributed by atoms with Crippen LogP contribution in [-0.4, -0.2) is 42.9 Å². The third kappa shape index (κ3) is 4.77. The number of nitrogens with zero attached hydrogens (tertiary/aromatic N) is 3. The van der Waals surface area contributed by atoms with E-state index < -0.39 is 0 Å². The summed E-state index contributed by atoms with van der Waals surface area (Å²) in [5.41, 5.74) is 2.76. The Bertz CT molecular complexity index is 987. The highest BCUT2D eigenvalue weighted by Gasteiger charge is 2.22. The van der Waals surface area contributed by atoms with Crippen molar-refractivity contribution in [3.05, 3.63) is 47.3 Å². The Kier molecular flexibility index (Phi) is 5.81. The Hall–Kier alpha value is -2.86. The molecule has 29 heavy (non-hydrogen) atoms. The van der Waals surface area contributed by atoms with E-state index in [1.165, 1.54) is 11.3 Å². The second-order valence-corrected chi connectivity index (χ2v) is 8.44. The minimum atomic E-state index is 0.412. The Morgan fingerprint density at radius 2 is 2.00 bits per heavy atom. The molecule has 1 fully saturated rings. The first-order valence-corrected chi connectivity index (χ1v) is 10.4. The molecule has 3 aromatic rings. The van der Waals surface area contributed by atoms with Crippen LogP contribution < -0.4 is 16.0 Å². The molecule has 1 aliphatic heterocycles. The summed E-state index contributed by atoms with van der Waals surface area (Å²) in [6.07, 6.45) is 2.60. The molecule has 1 aliphatic rings. The van der Waals surface area contributed by atoms with E-state index in [4.69, 9.17) is 9.78 Å². The van der Waals surface area contributed by atoms with E-state index in [9.17, 15) is 0 Å². The van der Waals surface area contributed by atoms with E-state index in [-0.39, 0.29) is 0 Å². The van der Waals surface area contributed by atoms with Gasteiger partial charge in [-0.2, -0.15) is 5.26 Å². The van der Waals surface area contributed by atoms with Crippen LogP contribution in [0.3, 0.4) is 0 Å². The summed E-state index contributed by atoms with van der Waals surface area (Å²) in [6.45, 7) is 1.02. The maximum atomic E-state index is 8.95. The van der Waals surface area contributed by atoms with Crippen molar-refractivity contribution >= 4 is 28.6 Å². The third-order valence-electron chi connectivity index (χ3n) is 5.01. The van der Waals surface area contributed by atoms with Crippen molar-refractivity contribution in [2.45, 2.75) is 25.0 Å². The molecular weight excluding hydrogens is 384 g/mol. The molecule has 3 heterocycles. The van der Waals surface area contributed by atoms with Crippen molar-refractivity contribution in [3.63, 3.8) is 0 Å². The molecule has 2 atom stereocenters. The number of nitriles is 1. The Morgan fingerprint density at radius 3 is 2.72 bits per heavy atom. The fourth-order valence-corrected chi connectivity index (χ4v) is 4.19. The maximum Gasteiger partial charge on any atom is 0.229 e. The SMILES string of the molecule is CN(C)C1CC(Nc2ccc(Nc3cc(-c4ccc(C#N)s4)no3)cc2)CCN1. The summed E-state index contributed by atoms with van der Waals surface area (Å²) < 4.78 is 5.39. The number of hydrogen-bond donors (Lipinski definition) is 3. The second-order valence-electron chi connectivity index (χ2n) is 7.35. The number of anilines is 3. The first-order valence-electron chi connectivity index (χ1n) is 9.61. The highest BCUT2D eigenvalue weighted by molar-refractivity contribution is 7.15. The van der Waals surface area contributed by atoms with Gasteiger partial charge in [0.25, 0.3) is 0 Å². The molecule has 0 saturated carbocycles. The van der Waals surface area contributed by atoms with E-state index in [1.54, 1.807) is 6.07 Å². The van der Waals surface area contributed by atoms with Crippen molar-refractivity contribution in [2.75, 3.05) is 31.3 Å². The number of piperidine rings is 1. The van der Waals surface area contributed by atoms with Gasteiger partial charge in [-0.1, -0.05) is 5.16 Å². The normalized spacial score (nSPS) is 19.1. The van der Waals surface area contributed by atoms with Crippen LogP contribution in [0.2, 0.25) is 0 Å². The van der Waals surface area contributed by atoms with Gasteiger partial charge in [0.15, 0.2) is 0 Å². The van der Waals surface area contributed by atoms with Crippen LogP contribution >= 0.6 is 11.3 Å². The fraction of sp³-hybridized carbons (Fsp3) is 0.333. The lowest BCUT2D eigenvalue weighted by molar-refractivity contribution is 0.196. The highest BCUT2D eigenvalue weighted by atomic mass is 32.1. The van der Waals surface area contributed by atoms with Gasteiger partial charge in [0, 0.05) is 23.5 Å². The summed E-state index contributed by atoms with van der Waals surface area (Å²) in [7, 11) is 4.21. The number of thiophene rings is 1. The average Bonchev–Trinajstić information content (AvgIpc) is 3.39. The molecule has 0 amide bonds. The zero-order valence-corrected chi connectivity index (χ0v) is 17.3. The van der Waals surface area contributed by atoms with Crippen molar-refractivity contribution in [3.8, 4) is 16.6 Å². The largest absolute Gasteiger partial charge is 0.382 e. The molecule has 150 valence electrons. The van der Waals surface area contributed by atoms with Gasteiger partial charge in [-0.25, -0.2) is 0 Å². The predicted molar refractivity (Wildman–Crippen MR) is 116 cm³/mol. The van der Waals surface area contributed by atoms with Crippen molar-refractivity contribution in [1.82, 2.24) is 15.4 Å². The van der Waals surface area contributed by atoms with E-state index in [0.717, 1.165) is 41.3 Å². The number of rotatable bonds is 6. The standard InChI is InChI=1S/C21H24N6OS/c1-27(2)20-11-16(9-10-23-20)24-14-3-5-15(6-4-14)25-21-12-18(26-28-21)19-8-7-17(13-22)29-19/h3-8,12,16,20,23-25H,9-11H2,1-2H3. The smallest absolute Gasteiger partial charge is 0.229 e. The first kappa shape index (κ1) is 19.5. The van der Waals surface area contributed by atoms with Crippen molar-refractivity contribution in [2.24, 2.45) is 0 Å². The van der Waals surface area contributed by atoms with Crippen LogP contribution in [-0.2, 0) is 0 Å². The topological polar surface area (TPSA) is 89.2 Å². The molecule has 0 spiro atoms. The van der Waals surface area contributed by atoms with Gasteiger partial charge in [0.1, 0.15) is 16.6 Å². The Labute approximate surface area is 174 Å². The molecule has 7 nitrogen and oxygen atoms in total. The fourth-order valence-electron chi connectivity index (χ4n) is 3.43. The van der Waals surface area contributed by atoms with Crippen molar-refractivity contribution < 1.29 is 4.52 Å². The molecule has 0 aliphatic carbocycles. The van der Waals surface area contributed by atoms with Crippen LogP contribution in [0.1, 0.15) is 17.7 Å². The predicted octanol–water partition coefficient (Wildman–Crippen LogP) is 4.07. The summed E-state index contributed by atoms with van der Waals surface area (Å²) in [5.74, 6) is 0.569. The first-order chi connectivity index (χ1) is 14.1. The van der Waals surface area contributed by atoms with Crippen LogP contribution in [0.15, 0.2) is 47.0 Å². The van der Waals surface area contributed by atoms with Gasteiger partial charge in [0.2, 0.25) is 5.88 Å². The van der Waals surface area contributed by atoms with Gasteiger partial charge in [-0.05, 0) is 69.9 Å². The number of hydrogen-bond acceptors (Lipinski definition) is 8. The lowest BCUT2D eigenvalue weighted by Crippen LogP contribution is -2.50. The zero-order valence-electron chi connectivity index (χ0n) is 16.5. The molecule has 8 heteroatoms. The quantitative estimate of drug-likeness (QED) is 0.566. The van der Waals surface area contributed by atoms with E-state index in [1.807, 2.05) is 24.3 Å². The van der Waals surface area contributed by atoms with Gasteiger partial charge in [-0.3, -0.25) is 4.90 Å². The molecule has 2 unspecified atom stereocenters. The lowest BCUT2D eigenvalue weighted by atomic mass is 10.0. The second kappa shape index (κ2) is 8.66. The molecule has 3 N–H and O–H groups in total. The molecule has 2 aromatic heterocycles. The van der Waals surface area contributed by atoms with Crippen LogP contribution in [0.4, 0.5) is 17.3 Å². The third-order valence-corrected chi connectivity index (χ3v) is 6.02. The van der Waals surface area contributed by atoms with Crippen molar-refractivity contribution in [1.29, 1.82) is 5.26 Å².